The zero-order valence-corrected chi connectivity index (χ0v) is 9.37. The number of benzene rings is 1. The van der Waals surface area contributed by atoms with Crippen molar-refractivity contribution in [2.45, 2.75) is 18.3 Å². The van der Waals surface area contributed by atoms with Crippen molar-refractivity contribution in [2.75, 3.05) is 26.7 Å². The van der Waals surface area contributed by atoms with Crippen LogP contribution < -0.4 is 5.32 Å². The van der Waals surface area contributed by atoms with Crippen LogP contribution in [0.15, 0.2) is 24.3 Å². The van der Waals surface area contributed by atoms with E-state index in [1.54, 1.807) is 5.56 Å². The van der Waals surface area contributed by atoms with E-state index in [1.807, 2.05) is 0 Å². The second kappa shape index (κ2) is 3.32. The number of fused-ring (bicyclic) bond motifs is 2. The number of likely N-dealkylation sites (tertiary alicyclic amines) is 1. The van der Waals surface area contributed by atoms with E-state index in [4.69, 9.17) is 0 Å². The molecule has 1 fully saturated rings. The highest BCUT2D eigenvalue weighted by Gasteiger charge is 2.43. The van der Waals surface area contributed by atoms with Crippen LogP contribution in [0.5, 0.6) is 0 Å². The lowest BCUT2D eigenvalue weighted by atomic mass is 9.74. The highest BCUT2D eigenvalue weighted by Crippen LogP contribution is 2.39. The smallest absolute Gasteiger partial charge is 0.133 e. The van der Waals surface area contributed by atoms with Gasteiger partial charge in [-0.3, -0.25) is 0 Å². The molecular formula is C13H19N2+. The lowest BCUT2D eigenvalue weighted by Crippen LogP contribution is -2.78. The monoisotopic (exact) mass is 203 g/mol. The van der Waals surface area contributed by atoms with Crippen LogP contribution in [0.1, 0.15) is 18.4 Å². The zero-order valence-electron chi connectivity index (χ0n) is 9.37. The van der Waals surface area contributed by atoms with E-state index in [2.05, 4.69) is 41.5 Å². The molecular weight excluding hydrogens is 184 g/mol. The molecule has 1 saturated heterocycles. The Balaban J connectivity index is 1.95. The molecule has 0 saturated carbocycles. The fraction of sp³-hybridized carbons (Fsp3) is 0.538. The molecule has 0 bridgehead atoms. The number of hydrogen-bond donors (Lipinski definition) is 1. The van der Waals surface area contributed by atoms with Gasteiger partial charge in [-0.2, -0.15) is 0 Å². The normalized spacial score (nSPS) is 24.3. The minimum Gasteiger partial charge on any atom is -0.313 e. The first-order valence-electron chi connectivity index (χ1n) is 5.91. The van der Waals surface area contributed by atoms with Gasteiger partial charge in [-0.05, 0) is 39.0 Å². The highest BCUT2D eigenvalue weighted by molar-refractivity contribution is 5.47. The first-order valence-corrected chi connectivity index (χ1v) is 5.91. The van der Waals surface area contributed by atoms with Gasteiger partial charge in [-0.15, -0.1) is 0 Å². The summed E-state index contributed by atoms with van der Waals surface area (Å²) < 4.78 is 0. The lowest BCUT2D eigenvalue weighted by Gasteiger charge is -2.36. The van der Waals surface area contributed by atoms with Gasteiger partial charge in [0.25, 0.3) is 0 Å². The molecule has 1 aromatic carbocycles. The minimum atomic E-state index is 0.489. The molecule has 3 rings (SSSR count). The third kappa shape index (κ3) is 1.40. The summed E-state index contributed by atoms with van der Waals surface area (Å²) in [7, 11) is 2.23. The molecule has 1 spiro atoms. The Morgan fingerprint density at radius 1 is 1.20 bits per heavy atom. The van der Waals surface area contributed by atoms with Crippen molar-refractivity contribution in [2.24, 2.45) is 0 Å². The zero-order chi connectivity index (χ0) is 10.3. The van der Waals surface area contributed by atoms with Gasteiger partial charge in [0, 0.05) is 5.56 Å². The largest absolute Gasteiger partial charge is 0.313 e. The molecule has 0 unspecified atom stereocenters. The first-order chi connectivity index (χ1) is 7.30. The summed E-state index contributed by atoms with van der Waals surface area (Å²) in [4.78, 5) is 2.45. The Morgan fingerprint density at radius 2 is 1.93 bits per heavy atom. The maximum atomic E-state index is 2.45. The van der Waals surface area contributed by atoms with Crippen LogP contribution in [-0.2, 0) is 5.41 Å². The first kappa shape index (κ1) is 9.37. The van der Waals surface area contributed by atoms with Gasteiger partial charge in [-0.1, -0.05) is 18.2 Å². The van der Waals surface area contributed by atoms with Crippen LogP contribution in [0.4, 0.5) is 5.69 Å². The summed E-state index contributed by atoms with van der Waals surface area (Å²) in [6, 6.07) is 8.95. The Morgan fingerprint density at radius 3 is 2.73 bits per heavy atom. The van der Waals surface area contributed by atoms with Crippen molar-refractivity contribution < 1.29 is 5.32 Å². The molecule has 0 aromatic heterocycles. The third-order valence-corrected chi connectivity index (χ3v) is 4.19. The van der Waals surface area contributed by atoms with E-state index in [-0.39, 0.29) is 0 Å². The number of quaternary nitrogens is 1. The number of nitrogens with two attached hydrogens (primary N) is 1. The van der Waals surface area contributed by atoms with E-state index >= 15 is 0 Å². The third-order valence-electron chi connectivity index (χ3n) is 4.19. The van der Waals surface area contributed by atoms with Crippen molar-refractivity contribution in [3.63, 3.8) is 0 Å². The van der Waals surface area contributed by atoms with Crippen LogP contribution in [0.2, 0.25) is 0 Å². The standard InChI is InChI=1S/C13H18N2/c1-15-8-6-13(7-9-15)10-14-12-5-3-2-4-11(12)13/h2-5,14H,6-10H2,1H3/p+1. The average molecular weight is 203 g/mol. The maximum absolute atomic E-state index is 2.45. The van der Waals surface area contributed by atoms with Crippen LogP contribution >= 0.6 is 0 Å². The molecule has 2 heteroatoms. The van der Waals surface area contributed by atoms with Crippen molar-refractivity contribution in [1.29, 1.82) is 0 Å². The number of piperidine rings is 1. The number of para-hydroxylation sites is 1. The molecule has 0 amide bonds. The topological polar surface area (TPSA) is 19.9 Å². The Kier molecular flexibility index (Phi) is 2.08. The van der Waals surface area contributed by atoms with Gasteiger partial charge in [0.05, 0.1) is 12.0 Å². The minimum absolute atomic E-state index is 0.489. The molecule has 2 aliphatic rings. The van der Waals surface area contributed by atoms with E-state index in [1.165, 1.54) is 38.2 Å². The van der Waals surface area contributed by atoms with Crippen LogP contribution in [0.3, 0.4) is 0 Å². The van der Waals surface area contributed by atoms with Gasteiger partial charge in [0.15, 0.2) is 0 Å². The van der Waals surface area contributed by atoms with Crippen LogP contribution in [0.25, 0.3) is 0 Å². The Labute approximate surface area is 91.3 Å². The van der Waals surface area contributed by atoms with Gasteiger partial charge in [0.2, 0.25) is 0 Å². The van der Waals surface area contributed by atoms with Gasteiger partial charge < -0.3 is 10.2 Å². The molecule has 15 heavy (non-hydrogen) atoms. The average Bonchev–Trinajstić information content (AvgIpc) is 2.63. The molecule has 0 aliphatic carbocycles. The summed E-state index contributed by atoms with van der Waals surface area (Å²) in [6.07, 6.45) is 2.66. The lowest BCUT2D eigenvalue weighted by molar-refractivity contribution is -0.569. The quantitative estimate of drug-likeness (QED) is 0.620. The van der Waals surface area contributed by atoms with E-state index in [0.717, 1.165) is 0 Å². The van der Waals surface area contributed by atoms with E-state index in [9.17, 15) is 0 Å². The fourth-order valence-corrected chi connectivity index (χ4v) is 3.09. The number of hydrogen-bond acceptors (Lipinski definition) is 1. The molecule has 2 N–H and O–H groups in total. The summed E-state index contributed by atoms with van der Waals surface area (Å²) >= 11 is 0. The van der Waals surface area contributed by atoms with Crippen molar-refractivity contribution >= 4 is 5.69 Å². The molecule has 2 heterocycles. The molecule has 2 aliphatic heterocycles. The summed E-state index contributed by atoms with van der Waals surface area (Å²) in [6.45, 7) is 3.77. The van der Waals surface area contributed by atoms with Crippen LogP contribution in [0, 0.1) is 0 Å². The van der Waals surface area contributed by atoms with Crippen molar-refractivity contribution in [3.05, 3.63) is 29.8 Å². The predicted octanol–water partition coefficient (Wildman–Crippen LogP) is 0.859. The van der Waals surface area contributed by atoms with E-state index in [0.29, 0.717) is 5.41 Å². The van der Waals surface area contributed by atoms with Gasteiger partial charge >= 0.3 is 0 Å². The fourth-order valence-electron chi connectivity index (χ4n) is 3.09. The summed E-state index contributed by atoms with van der Waals surface area (Å²) in [5.41, 5.74) is 3.59. The Bertz CT molecular complexity index is 365. The second-order valence-electron chi connectivity index (χ2n) is 5.08. The van der Waals surface area contributed by atoms with Gasteiger partial charge in [0.1, 0.15) is 5.69 Å². The molecule has 0 atom stereocenters. The Hall–Kier alpha value is -0.860. The van der Waals surface area contributed by atoms with Gasteiger partial charge in [-0.25, -0.2) is 0 Å². The molecule has 2 nitrogen and oxygen atoms in total. The molecule has 0 radical (unpaired) electrons. The molecule has 1 aromatic rings. The van der Waals surface area contributed by atoms with Crippen molar-refractivity contribution in [3.8, 4) is 0 Å². The van der Waals surface area contributed by atoms with E-state index < -0.39 is 0 Å². The number of rotatable bonds is 0. The maximum Gasteiger partial charge on any atom is 0.133 e. The SMILES string of the molecule is CN1CCC2(CC1)C[NH2+]c1ccccc12. The highest BCUT2D eigenvalue weighted by atomic mass is 15.1. The number of nitrogens with zero attached hydrogens (tertiary/aromatic N) is 1. The second-order valence-corrected chi connectivity index (χ2v) is 5.08. The van der Waals surface area contributed by atoms with Crippen molar-refractivity contribution in [1.82, 2.24) is 4.90 Å². The predicted molar refractivity (Wildman–Crippen MR) is 61.3 cm³/mol. The summed E-state index contributed by atoms with van der Waals surface area (Å²) in [5.74, 6) is 0. The molecule has 80 valence electrons. The summed E-state index contributed by atoms with van der Waals surface area (Å²) in [5, 5.41) is 2.43. The van der Waals surface area contributed by atoms with Crippen LogP contribution in [-0.4, -0.2) is 31.6 Å².